The highest BCUT2D eigenvalue weighted by Gasteiger charge is 2.30. The van der Waals surface area contributed by atoms with Gasteiger partial charge in [-0.3, -0.25) is 4.90 Å². The van der Waals surface area contributed by atoms with Gasteiger partial charge in [0.05, 0.1) is 0 Å². The Morgan fingerprint density at radius 2 is 1.81 bits per heavy atom. The molecule has 1 aliphatic heterocycles. The molecule has 3 heteroatoms. The summed E-state index contributed by atoms with van der Waals surface area (Å²) in [6.07, 6.45) is 4.29. The summed E-state index contributed by atoms with van der Waals surface area (Å²) in [6, 6.07) is 0. The molecule has 94 valence electrons. The van der Waals surface area contributed by atoms with Gasteiger partial charge in [-0.05, 0) is 25.3 Å². The van der Waals surface area contributed by atoms with Gasteiger partial charge in [-0.2, -0.15) is 0 Å². The van der Waals surface area contributed by atoms with Crippen molar-refractivity contribution < 1.29 is 0 Å². The van der Waals surface area contributed by atoms with Crippen molar-refractivity contribution in [3.8, 4) is 0 Å². The number of likely N-dealkylation sites (N-methyl/N-ethyl adjacent to an activating group) is 1. The molecule has 0 spiro atoms. The number of rotatable bonds is 5. The average molecular weight is 225 g/mol. The molecule has 0 bridgehead atoms. The second kappa shape index (κ2) is 5.48. The second-order valence-corrected chi connectivity index (χ2v) is 5.99. The van der Waals surface area contributed by atoms with Crippen molar-refractivity contribution in [3.05, 3.63) is 0 Å². The Morgan fingerprint density at radius 3 is 2.38 bits per heavy atom. The van der Waals surface area contributed by atoms with Crippen molar-refractivity contribution in [1.29, 1.82) is 0 Å². The highest BCUT2D eigenvalue weighted by Crippen LogP contribution is 2.39. The summed E-state index contributed by atoms with van der Waals surface area (Å²) < 4.78 is 0. The lowest BCUT2D eigenvalue weighted by molar-refractivity contribution is 0.139. The molecular weight excluding hydrogens is 198 g/mol. The molecule has 1 heterocycles. The highest BCUT2D eigenvalue weighted by atomic mass is 15.2. The highest BCUT2D eigenvalue weighted by molar-refractivity contribution is 4.85. The van der Waals surface area contributed by atoms with Gasteiger partial charge in [0.25, 0.3) is 0 Å². The maximum Gasteiger partial charge on any atom is 0.0110 e. The molecule has 0 radical (unpaired) electrons. The first-order chi connectivity index (χ1) is 7.68. The van der Waals surface area contributed by atoms with E-state index in [9.17, 15) is 0 Å². The molecule has 1 aliphatic carbocycles. The minimum absolute atomic E-state index is 0.627. The van der Waals surface area contributed by atoms with Crippen molar-refractivity contribution in [2.45, 2.75) is 26.2 Å². The van der Waals surface area contributed by atoms with Crippen LogP contribution in [0.15, 0.2) is 0 Å². The van der Waals surface area contributed by atoms with Gasteiger partial charge in [0.1, 0.15) is 0 Å². The second-order valence-electron chi connectivity index (χ2n) is 5.99. The normalized spacial score (nSPS) is 26.6. The minimum Gasteiger partial charge on any atom is -0.315 e. The number of nitrogens with one attached hydrogen (secondary N) is 1. The molecule has 1 saturated carbocycles. The van der Waals surface area contributed by atoms with E-state index in [0.717, 1.165) is 0 Å². The predicted octanol–water partition coefficient (Wildman–Crippen LogP) is 1.01. The van der Waals surface area contributed by atoms with Crippen LogP contribution < -0.4 is 5.32 Å². The van der Waals surface area contributed by atoms with E-state index in [4.69, 9.17) is 0 Å². The number of nitrogens with zero attached hydrogens (tertiary/aromatic N) is 2. The first-order valence-electron chi connectivity index (χ1n) is 6.80. The van der Waals surface area contributed by atoms with Crippen LogP contribution in [0.2, 0.25) is 0 Å². The summed E-state index contributed by atoms with van der Waals surface area (Å²) in [5.41, 5.74) is 0.627. The third-order valence-electron chi connectivity index (χ3n) is 4.31. The van der Waals surface area contributed by atoms with E-state index in [1.807, 2.05) is 0 Å². The van der Waals surface area contributed by atoms with Crippen LogP contribution >= 0.6 is 0 Å². The lowest BCUT2D eigenvalue weighted by Crippen LogP contribution is -2.47. The molecule has 0 unspecified atom stereocenters. The Labute approximate surface area is 100 Å². The molecule has 0 aromatic carbocycles. The van der Waals surface area contributed by atoms with E-state index >= 15 is 0 Å². The Kier molecular flexibility index (Phi) is 4.22. The van der Waals surface area contributed by atoms with Crippen molar-refractivity contribution in [1.82, 2.24) is 15.1 Å². The Balaban J connectivity index is 1.51. The van der Waals surface area contributed by atoms with E-state index in [2.05, 4.69) is 29.1 Å². The largest absolute Gasteiger partial charge is 0.315 e. The molecule has 0 aromatic heterocycles. The molecule has 1 saturated heterocycles. The molecule has 2 fully saturated rings. The van der Waals surface area contributed by atoms with Crippen LogP contribution in [0, 0.1) is 5.41 Å². The van der Waals surface area contributed by atoms with Crippen LogP contribution in [0.4, 0.5) is 0 Å². The molecular formula is C13H27N3. The lowest BCUT2D eigenvalue weighted by atomic mass is 9.70. The molecule has 3 nitrogen and oxygen atoms in total. The summed E-state index contributed by atoms with van der Waals surface area (Å²) in [6.45, 7) is 11.0. The van der Waals surface area contributed by atoms with Crippen LogP contribution in [-0.2, 0) is 0 Å². The lowest BCUT2D eigenvalue weighted by Gasteiger charge is -2.39. The van der Waals surface area contributed by atoms with Crippen molar-refractivity contribution >= 4 is 0 Å². The van der Waals surface area contributed by atoms with Crippen molar-refractivity contribution in [2.75, 3.05) is 52.9 Å². The minimum atomic E-state index is 0.627. The van der Waals surface area contributed by atoms with Crippen LogP contribution in [0.3, 0.4) is 0 Å². The summed E-state index contributed by atoms with van der Waals surface area (Å²) in [4.78, 5) is 5.00. The predicted molar refractivity (Wildman–Crippen MR) is 68.8 cm³/mol. The molecule has 0 aromatic rings. The fraction of sp³-hybridized carbons (Fsp3) is 1.00. The summed E-state index contributed by atoms with van der Waals surface area (Å²) in [7, 11) is 2.22. The van der Waals surface area contributed by atoms with Gasteiger partial charge in [0, 0.05) is 45.8 Å². The SMILES string of the molecule is CN1CCN(CCNCC2(C)CCC2)CC1. The standard InChI is InChI=1S/C13H27N3/c1-13(4-3-5-13)12-14-6-7-16-10-8-15(2)9-11-16/h14H,3-12H2,1-2H3. The van der Waals surface area contributed by atoms with Crippen molar-refractivity contribution in [2.24, 2.45) is 5.41 Å². The van der Waals surface area contributed by atoms with E-state index in [1.54, 1.807) is 0 Å². The van der Waals surface area contributed by atoms with Crippen LogP contribution in [0.5, 0.6) is 0 Å². The van der Waals surface area contributed by atoms with Gasteiger partial charge >= 0.3 is 0 Å². The smallest absolute Gasteiger partial charge is 0.0110 e. The molecule has 0 atom stereocenters. The Hall–Kier alpha value is -0.120. The third kappa shape index (κ3) is 3.44. The van der Waals surface area contributed by atoms with E-state index in [-0.39, 0.29) is 0 Å². The van der Waals surface area contributed by atoms with Gasteiger partial charge in [0.15, 0.2) is 0 Å². The first-order valence-corrected chi connectivity index (χ1v) is 6.80. The molecule has 2 aliphatic rings. The topological polar surface area (TPSA) is 18.5 Å². The summed E-state index contributed by atoms with van der Waals surface area (Å²) >= 11 is 0. The molecule has 2 rings (SSSR count). The monoisotopic (exact) mass is 225 g/mol. The van der Waals surface area contributed by atoms with Crippen LogP contribution in [0.1, 0.15) is 26.2 Å². The van der Waals surface area contributed by atoms with Gasteiger partial charge in [-0.15, -0.1) is 0 Å². The van der Waals surface area contributed by atoms with Crippen LogP contribution in [-0.4, -0.2) is 62.7 Å². The van der Waals surface area contributed by atoms with E-state index in [0.29, 0.717) is 5.41 Å². The number of piperazine rings is 1. The molecule has 1 N–H and O–H groups in total. The van der Waals surface area contributed by atoms with Gasteiger partial charge in [-0.25, -0.2) is 0 Å². The van der Waals surface area contributed by atoms with Crippen molar-refractivity contribution in [3.63, 3.8) is 0 Å². The quantitative estimate of drug-likeness (QED) is 0.705. The zero-order chi connectivity index (χ0) is 11.4. The van der Waals surface area contributed by atoms with Gasteiger partial charge < -0.3 is 10.2 Å². The third-order valence-corrected chi connectivity index (χ3v) is 4.31. The fourth-order valence-corrected chi connectivity index (χ4v) is 2.66. The van der Waals surface area contributed by atoms with Gasteiger partial charge in [-0.1, -0.05) is 13.3 Å². The maximum absolute atomic E-state index is 3.63. The Morgan fingerprint density at radius 1 is 1.12 bits per heavy atom. The fourth-order valence-electron chi connectivity index (χ4n) is 2.66. The maximum atomic E-state index is 3.63. The van der Waals surface area contributed by atoms with Crippen LogP contribution in [0.25, 0.3) is 0 Å². The molecule has 0 amide bonds. The van der Waals surface area contributed by atoms with E-state index < -0.39 is 0 Å². The zero-order valence-corrected chi connectivity index (χ0v) is 11.0. The zero-order valence-electron chi connectivity index (χ0n) is 11.0. The summed E-state index contributed by atoms with van der Waals surface area (Å²) in [5.74, 6) is 0. The number of hydrogen-bond donors (Lipinski definition) is 1. The first kappa shape index (κ1) is 12.3. The average Bonchev–Trinajstić information content (AvgIpc) is 2.24. The van der Waals surface area contributed by atoms with Gasteiger partial charge in [0.2, 0.25) is 0 Å². The molecule has 16 heavy (non-hydrogen) atoms. The van der Waals surface area contributed by atoms with E-state index in [1.165, 1.54) is 65.1 Å². The number of hydrogen-bond acceptors (Lipinski definition) is 3. The summed E-state index contributed by atoms with van der Waals surface area (Å²) in [5, 5.41) is 3.63. The Bertz CT molecular complexity index is 205.